The van der Waals surface area contributed by atoms with Crippen LogP contribution in [0.3, 0.4) is 0 Å². The van der Waals surface area contributed by atoms with Crippen LogP contribution in [0.4, 0.5) is 5.82 Å². The fourth-order valence-corrected chi connectivity index (χ4v) is 3.15. The van der Waals surface area contributed by atoms with Gasteiger partial charge in [-0.2, -0.15) is 5.10 Å². The number of aromatic nitrogens is 2. The van der Waals surface area contributed by atoms with Crippen LogP contribution >= 0.6 is 0 Å². The van der Waals surface area contributed by atoms with Crippen molar-refractivity contribution in [1.29, 1.82) is 0 Å². The molecule has 0 aliphatic rings. The number of carbonyl (C=O) groups is 2. The van der Waals surface area contributed by atoms with Crippen molar-refractivity contribution in [3.05, 3.63) is 71.9 Å². The van der Waals surface area contributed by atoms with E-state index in [0.29, 0.717) is 5.82 Å². The van der Waals surface area contributed by atoms with Crippen molar-refractivity contribution in [2.24, 2.45) is 0 Å². The molecule has 2 aromatic carbocycles. The molecule has 0 spiro atoms. The summed E-state index contributed by atoms with van der Waals surface area (Å²) in [6.07, 6.45) is 0.253. The van der Waals surface area contributed by atoms with Crippen LogP contribution in [0.2, 0.25) is 0 Å². The minimum atomic E-state index is -0.288. The van der Waals surface area contributed by atoms with Crippen molar-refractivity contribution in [3.8, 4) is 11.4 Å². The van der Waals surface area contributed by atoms with E-state index in [0.717, 1.165) is 22.7 Å². The predicted molar refractivity (Wildman–Crippen MR) is 125 cm³/mol. The first kappa shape index (κ1) is 23.1. The van der Waals surface area contributed by atoms with Gasteiger partial charge in [-0.25, -0.2) is 4.68 Å². The maximum atomic E-state index is 12.8. The maximum absolute atomic E-state index is 12.8. The third-order valence-corrected chi connectivity index (χ3v) is 5.07. The van der Waals surface area contributed by atoms with E-state index in [1.54, 1.807) is 18.8 Å². The molecule has 0 saturated heterocycles. The molecule has 32 heavy (non-hydrogen) atoms. The Bertz CT molecular complexity index is 1070. The zero-order chi connectivity index (χ0) is 23.3. The van der Waals surface area contributed by atoms with Crippen LogP contribution in [0, 0.1) is 0 Å². The lowest BCUT2D eigenvalue weighted by Gasteiger charge is -2.17. The number of hydrogen-bond acceptors (Lipinski definition) is 4. The second kappa shape index (κ2) is 9.68. The van der Waals surface area contributed by atoms with E-state index in [1.807, 2.05) is 60.7 Å². The fourth-order valence-electron chi connectivity index (χ4n) is 3.15. The summed E-state index contributed by atoms with van der Waals surface area (Å²) in [5, 5.41) is 7.63. The molecule has 3 aromatic rings. The first-order valence-electron chi connectivity index (χ1n) is 10.5. The third kappa shape index (κ3) is 5.75. The molecular weight excluding hydrogens is 404 g/mol. The second-order valence-electron chi connectivity index (χ2n) is 8.73. The summed E-state index contributed by atoms with van der Waals surface area (Å²) < 4.78 is 6.93. The highest BCUT2D eigenvalue weighted by Crippen LogP contribution is 2.27. The number of likely N-dealkylation sites (N-methyl/N-ethyl adjacent to an activating group) is 1. The van der Waals surface area contributed by atoms with Crippen molar-refractivity contribution in [2.45, 2.75) is 32.6 Å². The molecule has 3 rings (SSSR count). The molecule has 168 valence electrons. The average Bonchev–Trinajstić information content (AvgIpc) is 3.18. The first-order valence-corrected chi connectivity index (χ1v) is 10.5. The number of ether oxygens (including phenoxy) is 1. The molecule has 0 aliphatic heterocycles. The van der Waals surface area contributed by atoms with Gasteiger partial charge < -0.3 is 15.0 Å². The Balaban J connectivity index is 1.75. The van der Waals surface area contributed by atoms with Gasteiger partial charge >= 0.3 is 0 Å². The predicted octanol–water partition coefficient (Wildman–Crippen LogP) is 3.82. The number of methoxy groups -OCH3 is 1. The summed E-state index contributed by atoms with van der Waals surface area (Å²) >= 11 is 0. The van der Waals surface area contributed by atoms with Crippen molar-refractivity contribution in [3.63, 3.8) is 0 Å². The number of anilines is 1. The van der Waals surface area contributed by atoms with Crippen LogP contribution in [0.1, 0.15) is 32.0 Å². The van der Waals surface area contributed by atoms with Gasteiger partial charge in [0.15, 0.2) is 0 Å². The smallest absolute Gasteiger partial charge is 0.245 e. The topological polar surface area (TPSA) is 76.5 Å². The van der Waals surface area contributed by atoms with Crippen molar-refractivity contribution >= 4 is 17.6 Å². The van der Waals surface area contributed by atoms with Crippen LogP contribution < -0.4 is 10.1 Å². The lowest BCUT2D eigenvalue weighted by Crippen LogP contribution is -2.36. The Morgan fingerprint density at radius 2 is 1.72 bits per heavy atom. The summed E-state index contributed by atoms with van der Waals surface area (Å²) in [5.41, 5.74) is 2.36. The van der Waals surface area contributed by atoms with Crippen molar-refractivity contribution in [2.75, 3.05) is 26.0 Å². The second-order valence-corrected chi connectivity index (χ2v) is 8.73. The van der Waals surface area contributed by atoms with E-state index >= 15 is 0 Å². The molecule has 0 atom stereocenters. The van der Waals surface area contributed by atoms with E-state index in [-0.39, 0.29) is 30.2 Å². The number of nitrogens with one attached hydrogen (secondary N) is 1. The minimum absolute atomic E-state index is 0.0513. The Labute approximate surface area is 189 Å². The maximum Gasteiger partial charge on any atom is 0.245 e. The number of nitrogens with zero attached hydrogens (tertiary/aromatic N) is 3. The van der Waals surface area contributed by atoms with Gasteiger partial charge in [0.1, 0.15) is 11.6 Å². The largest absolute Gasteiger partial charge is 0.497 e. The number of rotatable bonds is 7. The third-order valence-electron chi connectivity index (χ3n) is 5.07. The highest BCUT2D eigenvalue weighted by atomic mass is 16.5. The van der Waals surface area contributed by atoms with Crippen LogP contribution in [-0.4, -0.2) is 47.2 Å². The highest BCUT2D eigenvalue weighted by Gasteiger charge is 2.22. The van der Waals surface area contributed by atoms with E-state index in [4.69, 9.17) is 9.84 Å². The molecule has 0 fully saturated rings. The molecule has 0 saturated carbocycles. The Morgan fingerprint density at radius 3 is 2.31 bits per heavy atom. The summed E-state index contributed by atoms with van der Waals surface area (Å²) in [4.78, 5) is 26.7. The molecule has 1 N–H and O–H groups in total. The van der Waals surface area contributed by atoms with Crippen LogP contribution in [0.15, 0.2) is 60.7 Å². The molecule has 0 unspecified atom stereocenters. The Hall–Kier alpha value is -3.61. The number of carbonyl (C=O) groups excluding carboxylic acids is 2. The van der Waals surface area contributed by atoms with E-state index in [9.17, 15) is 9.59 Å². The zero-order valence-corrected chi connectivity index (χ0v) is 19.3. The standard InChI is InChI=1S/C25H30N4O3/c1-25(2,3)21-16-22(29(27-21)19-11-13-20(32-5)14-12-19)26-23(30)17-28(4)24(31)15-18-9-7-6-8-10-18/h6-14,16H,15,17H2,1-5H3,(H,26,30). The van der Waals surface area contributed by atoms with E-state index < -0.39 is 0 Å². The van der Waals surface area contributed by atoms with E-state index in [2.05, 4.69) is 26.1 Å². The van der Waals surface area contributed by atoms with Gasteiger partial charge in [0.25, 0.3) is 0 Å². The molecule has 2 amide bonds. The van der Waals surface area contributed by atoms with Gasteiger partial charge in [0.05, 0.1) is 31.5 Å². The van der Waals surface area contributed by atoms with E-state index in [1.165, 1.54) is 4.90 Å². The first-order chi connectivity index (χ1) is 15.2. The van der Waals surface area contributed by atoms with Crippen LogP contribution in [-0.2, 0) is 21.4 Å². The van der Waals surface area contributed by atoms with Gasteiger partial charge in [0, 0.05) is 18.5 Å². The van der Waals surface area contributed by atoms with Crippen LogP contribution in [0.5, 0.6) is 5.75 Å². The lowest BCUT2D eigenvalue weighted by molar-refractivity contribution is -0.132. The van der Waals surface area contributed by atoms with Gasteiger partial charge in [-0.1, -0.05) is 51.1 Å². The molecule has 7 heteroatoms. The van der Waals surface area contributed by atoms with Gasteiger partial charge in [0.2, 0.25) is 11.8 Å². The number of hydrogen-bond donors (Lipinski definition) is 1. The summed E-state index contributed by atoms with van der Waals surface area (Å²) in [5.74, 6) is 0.879. The fraction of sp³-hybridized carbons (Fsp3) is 0.320. The SMILES string of the molecule is COc1ccc(-n2nc(C(C)(C)C)cc2NC(=O)CN(C)C(=O)Cc2ccccc2)cc1. The average molecular weight is 435 g/mol. The van der Waals surface area contributed by atoms with Gasteiger partial charge in [-0.05, 0) is 29.8 Å². The summed E-state index contributed by atoms with van der Waals surface area (Å²) in [7, 11) is 3.24. The molecule has 0 aliphatic carbocycles. The highest BCUT2D eigenvalue weighted by molar-refractivity contribution is 5.94. The summed E-state index contributed by atoms with van der Waals surface area (Å²) in [6.45, 7) is 6.14. The molecule has 1 aromatic heterocycles. The van der Waals surface area contributed by atoms with Crippen molar-refractivity contribution in [1.82, 2.24) is 14.7 Å². The summed E-state index contributed by atoms with van der Waals surface area (Å²) in [6, 6.07) is 18.8. The Kier molecular flexibility index (Phi) is 6.98. The quantitative estimate of drug-likeness (QED) is 0.613. The molecule has 1 heterocycles. The lowest BCUT2D eigenvalue weighted by atomic mass is 9.92. The molecular formula is C25H30N4O3. The number of benzene rings is 2. The minimum Gasteiger partial charge on any atom is -0.497 e. The number of amides is 2. The van der Waals surface area contributed by atoms with Crippen LogP contribution in [0.25, 0.3) is 5.69 Å². The monoisotopic (exact) mass is 434 g/mol. The van der Waals surface area contributed by atoms with Gasteiger partial charge in [-0.3, -0.25) is 9.59 Å². The zero-order valence-electron chi connectivity index (χ0n) is 19.3. The normalized spacial score (nSPS) is 11.2. The van der Waals surface area contributed by atoms with Crippen molar-refractivity contribution < 1.29 is 14.3 Å². The molecule has 7 nitrogen and oxygen atoms in total. The Morgan fingerprint density at radius 1 is 1.06 bits per heavy atom. The van der Waals surface area contributed by atoms with Gasteiger partial charge in [-0.15, -0.1) is 0 Å². The molecule has 0 radical (unpaired) electrons. The molecule has 0 bridgehead atoms.